The van der Waals surface area contributed by atoms with Crippen LogP contribution < -0.4 is 11.1 Å². The molecule has 0 aromatic heterocycles. The zero-order valence-corrected chi connectivity index (χ0v) is 13.8. The van der Waals surface area contributed by atoms with Gasteiger partial charge in [0.2, 0.25) is 5.91 Å². The van der Waals surface area contributed by atoms with Crippen LogP contribution in [0, 0.1) is 5.92 Å². The zero-order chi connectivity index (χ0) is 17.6. The molecule has 0 radical (unpaired) electrons. The third-order valence-electron chi connectivity index (χ3n) is 3.69. The summed E-state index contributed by atoms with van der Waals surface area (Å²) in [6, 6.07) is 5.24. The number of carbonyl (C=O) groups is 1. The fraction of sp³-hybridized carbons (Fsp3) is 0.588. The molecule has 0 aliphatic heterocycles. The van der Waals surface area contributed by atoms with Crippen molar-refractivity contribution in [2.24, 2.45) is 11.7 Å². The lowest BCUT2D eigenvalue weighted by Gasteiger charge is -2.21. The molecule has 0 aliphatic rings. The molecule has 0 aliphatic carbocycles. The third kappa shape index (κ3) is 6.22. The first kappa shape index (κ1) is 19.5. The summed E-state index contributed by atoms with van der Waals surface area (Å²) in [6.45, 7) is 6.00. The van der Waals surface area contributed by atoms with E-state index in [1.54, 1.807) is 13.0 Å². The lowest BCUT2D eigenvalue weighted by atomic mass is 9.92. The van der Waals surface area contributed by atoms with Gasteiger partial charge in [0.05, 0.1) is 5.56 Å². The Kier molecular flexibility index (Phi) is 7.06. The molecule has 2 atom stereocenters. The Morgan fingerprint density at radius 3 is 2.35 bits per heavy atom. The molecule has 0 spiro atoms. The number of amides is 1. The van der Waals surface area contributed by atoms with E-state index in [4.69, 9.17) is 5.73 Å². The highest BCUT2D eigenvalue weighted by molar-refractivity contribution is 5.77. The highest BCUT2D eigenvalue weighted by Crippen LogP contribution is 2.35. The van der Waals surface area contributed by atoms with Gasteiger partial charge in [0.15, 0.2) is 0 Å². The maximum Gasteiger partial charge on any atom is 0.416 e. The Labute approximate surface area is 135 Å². The SMILES string of the molecule is CC(C)CC(CN)NC(=O)CC(C)c1ccccc1C(F)(F)F. The van der Waals surface area contributed by atoms with E-state index in [9.17, 15) is 18.0 Å². The van der Waals surface area contributed by atoms with E-state index in [2.05, 4.69) is 5.32 Å². The van der Waals surface area contributed by atoms with Crippen LogP contribution in [0.1, 0.15) is 50.7 Å². The van der Waals surface area contributed by atoms with Crippen molar-refractivity contribution < 1.29 is 18.0 Å². The van der Waals surface area contributed by atoms with Crippen LogP contribution in [0.25, 0.3) is 0 Å². The number of hydrogen-bond donors (Lipinski definition) is 2. The first-order valence-corrected chi connectivity index (χ1v) is 7.80. The first-order valence-electron chi connectivity index (χ1n) is 7.80. The van der Waals surface area contributed by atoms with Crippen LogP contribution in [-0.4, -0.2) is 18.5 Å². The fourth-order valence-corrected chi connectivity index (χ4v) is 2.64. The molecule has 6 heteroatoms. The molecule has 0 saturated heterocycles. The van der Waals surface area contributed by atoms with Gasteiger partial charge in [-0.1, -0.05) is 39.0 Å². The number of alkyl halides is 3. The number of halogens is 3. The molecule has 0 saturated carbocycles. The summed E-state index contributed by atoms with van der Waals surface area (Å²) in [7, 11) is 0. The summed E-state index contributed by atoms with van der Waals surface area (Å²) in [5, 5.41) is 2.81. The largest absolute Gasteiger partial charge is 0.416 e. The number of benzene rings is 1. The first-order chi connectivity index (χ1) is 10.6. The van der Waals surface area contributed by atoms with Crippen LogP contribution >= 0.6 is 0 Å². The van der Waals surface area contributed by atoms with E-state index in [0.717, 1.165) is 12.5 Å². The van der Waals surface area contributed by atoms with Crippen molar-refractivity contribution >= 4 is 5.91 Å². The average molecular weight is 330 g/mol. The van der Waals surface area contributed by atoms with Crippen molar-refractivity contribution in [1.82, 2.24) is 5.32 Å². The molecular weight excluding hydrogens is 305 g/mol. The van der Waals surface area contributed by atoms with Gasteiger partial charge in [-0.25, -0.2) is 0 Å². The van der Waals surface area contributed by atoms with Gasteiger partial charge in [0, 0.05) is 19.0 Å². The molecular formula is C17H25F3N2O. The average Bonchev–Trinajstić information content (AvgIpc) is 2.45. The second-order valence-electron chi connectivity index (χ2n) is 6.32. The predicted octanol–water partition coefficient (Wildman–Crippen LogP) is 3.69. The molecule has 1 aromatic carbocycles. The van der Waals surface area contributed by atoms with Crippen molar-refractivity contribution in [3.8, 4) is 0 Å². The standard InChI is InChI=1S/C17H25F3N2O/c1-11(2)8-13(10-21)22-16(23)9-12(3)14-6-4-5-7-15(14)17(18,19)20/h4-7,11-13H,8-10,21H2,1-3H3,(H,22,23). The molecule has 0 bridgehead atoms. The maximum absolute atomic E-state index is 13.0. The second-order valence-corrected chi connectivity index (χ2v) is 6.32. The van der Waals surface area contributed by atoms with E-state index in [-0.39, 0.29) is 23.9 Å². The maximum atomic E-state index is 13.0. The van der Waals surface area contributed by atoms with Crippen LogP contribution in [0.2, 0.25) is 0 Å². The van der Waals surface area contributed by atoms with Crippen molar-refractivity contribution in [3.63, 3.8) is 0 Å². The molecule has 130 valence electrons. The number of rotatable bonds is 7. The van der Waals surface area contributed by atoms with E-state index >= 15 is 0 Å². The molecule has 3 N–H and O–H groups in total. The van der Waals surface area contributed by atoms with Gasteiger partial charge in [-0.15, -0.1) is 0 Å². The Morgan fingerprint density at radius 1 is 1.22 bits per heavy atom. The van der Waals surface area contributed by atoms with Gasteiger partial charge in [0.25, 0.3) is 0 Å². The number of hydrogen-bond acceptors (Lipinski definition) is 2. The summed E-state index contributed by atoms with van der Waals surface area (Å²) in [5.41, 5.74) is 5.09. The van der Waals surface area contributed by atoms with Gasteiger partial charge >= 0.3 is 6.18 Å². The van der Waals surface area contributed by atoms with Crippen LogP contribution in [0.3, 0.4) is 0 Å². The van der Waals surface area contributed by atoms with E-state index in [0.29, 0.717) is 12.5 Å². The smallest absolute Gasteiger partial charge is 0.352 e. The number of nitrogens with one attached hydrogen (secondary N) is 1. The quantitative estimate of drug-likeness (QED) is 0.801. The van der Waals surface area contributed by atoms with Crippen molar-refractivity contribution in [3.05, 3.63) is 35.4 Å². The van der Waals surface area contributed by atoms with Gasteiger partial charge in [-0.05, 0) is 29.9 Å². The summed E-state index contributed by atoms with van der Waals surface area (Å²) < 4.78 is 39.1. The Hall–Kier alpha value is -1.56. The van der Waals surface area contributed by atoms with Gasteiger partial charge in [0.1, 0.15) is 0 Å². The Balaban J connectivity index is 2.76. The van der Waals surface area contributed by atoms with E-state index in [1.165, 1.54) is 12.1 Å². The summed E-state index contributed by atoms with van der Waals surface area (Å²) in [6.07, 6.45) is -3.67. The van der Waals surface area contributed by atoms with Crippen LogP contribution in [-0.2, 0) is 11.0 Å². The molecule has 2 unspecified atom stereocenters. The summed E-state index contributed by atoms with van der Waals surface area (Å²) in [5.74, 6) is -0.414. The number of carbonyl (C=O) groups excluding carboxylic acids is 1. The molecule has 0 heterocycles. The lowest BCUT2D eigenvalue weighted by molar-refractivity contribution is -0.138. The lowest BCUT2D eigenvalue weighted by Crippen LogP contribution is -2.41. The van der Waals surface area contributed by atoms with Gasteiger partial charge in [-0.2, -0.15) is 13.2 Å². The number of nitrogens with two attached hydrogens (primary N) is 1. The molecule has 23 heavy (non-hydrogen) atoms. The minimum atomic E-state index is -4.42. The molecule has 3 nitrogen and oxygen atoms in total. The van der Waals surface area contributed by atoms with E-state index in [1.807, 2.05) is 13.8 Å². The van der Waals surface area contributed by atoms with Crippen molar-refractivity contribution in [2.75, 3.05) is 6.54 Å². The molecule has 0 fully saturated rings. The molecule has 1 amide bonds. The highest BCUT2D eigenvalue weighted by atomic mass is 19.4. The topological polar surface area (TPSA) is 55.1 Å². The monoisotopic (exact) mass is 330 g/mol. The summed E-state index contributed by atoms with van der Waals surface area (Å²) in [4.78, 5) is 12.1. The minimum Gasteiger partial charge on any atom is -0.352 e. The molecule has 1 aromatic rings. The van der Waals surface area contributed by atoms with Crippen LogP contribution in [0.15, 0.2) is 24.3 Å². The Bertz CT molecular complexity index is 515. The Morgan fingerprint density at radius 2 is 1.83 bits per heavy atom. The normalized spacial score (nSPS) is 14.6. The third-order valence-corrected chi connectivity index (χ3v) is 3.69. The second kappa shape index (κ2) is 8.34. The zero-order valence-electron chi connectivity index (χ0n) is 13.8. The van der Waals surface area contributed by atoms with Crippen LogP contribution in [0.5, 0.6) is 0 Å². The summed E-state index contributed by atoms with van der Waals surface area (Å²) >= 11 is 0. The van der Waals surface area contributed by atoms with Gasteiger partial charge < -0.3 is 11.1 Å². The fourth-order valence-electron chi connectivity index (χ4n) is 2.64. The van der Waals surface area contributed by atoms with Crippen molar-refractivity contribution in [2.45, 2.75) is 51.7 Å². The molecule has 1 rings (SSSR count). The van der Waals surface area contributed by atoms with Gasteiger partial charge in [-0.3, -0.25) is 4.79 Å². The highest BCUT2D eigenvalue weighted by Gasteiger charge is 2.34. The minimum absolute atomic E-state index is 0.00168. The van der Waals surface area contributed by atoms with E-state index < -0.39 is 17.7 Å². The van der Waals surface area contributed by atoms with Crippen LogP contribution in [0.4, 0.5) is 13.2 Å². The van der Waals surface area contributed by atoms with Crippen molar-refractivity contribution in [1.29, 1.82) is 0 Å². The predicted molar refractivity (Wildman–Crippen MR) is 84.9 cm³/mol.